The molecule has 5 atom stereocenters. The minimum absolute atomic E-state index is 0.857. The number of hydrogen-bond donors (Lipinski definition) is 1. The van der Waals surface area contributed by atoms with Gasteiger partial charge in [-0.1, -0.05) is 6.42 Å². The van der Waals surface area contributed by atoms with Crippen molar-refractivity contribution >= 4 is 0 Å². The van der Waals surface area contributed by atoms with Crippen LogP contribution in [-0.4, -0.2) is 37.1 Å². The van der Waals surface area contributed by atoms with Crippen molar-refractivity contribution in [2.45, 2.75) is 51.0 Å². The summed E-state index contributed by atoms with van der Waals surface area (Å²) in [7, 11) is 0. The Morgan fingerprint density at radius 1 is 1.00 bits per heavy atom. The zero-order valence-electron chi connectivity index (χ0n) is 11.6. The van der Waals surface area contributed by atoms with Crippen LogP contribution in [-0.2, 0) is 0 Å². The van der Waals surface area contributed by atoms with Crippen molar-refractivity contribution in [3.05, 3.63) is 0 Å². The van der Waals surface area contributed by atoms with E-state index in [-0.39, 0.29) is 0 Å². The van der Waals surface area contributed by atoms with E-state index in [9.17, 15) is 0 Å². The average molecular weight is 248 g/mol. The molecule has 2 nitrogen and oxygen atoms in total. The van der Waals surface area contributed by atoms with Gasteiger partial charge in [-0.3, -0.25) is 0 Å². The van der Waals surface area contributed by atoms with Crippen molar-refractivity contribution in [2.75, 3.05) is 26.2 Å². The Kier molecular flexibility index (Phi) is 3.12. The number of hydrogen-bond acceptors (Lipinski definition) is 2. The Morgan fingerprint density at radius 3 is 2.83 bits per heavy atom. The lowest BCUT2D eigenvalue weighted by atomic mass is 9.83. The first-order valence-electron chi connectivity index (χ1n) is 8.34. The first-order valence-corrected chi connectivity index (χ1v) is 8.34. The molecule has 0 aromatic heterocycles. The molecule has 0 spiro atoms. The predicted octanol–water partition coefficient (Wildman–Crippen LogP) is 2.50. The molecule has 2 saturated carbocycles. The minimum Gasteiger partial charge on any atom is -0.314 e. The van der Waals surface area contributed by atoms with Gasteiger partial charge in [-0.05, 0) is 75.3 Å². The maximum atomic E-state index is 3.74. The van der Waals surface area contributed by atoms with Gasteiger partial charge in [0.05, 0.1) is 0 Å². The molecular weight excluding hydrogens is 220 g/mol. The van der Waals surface area contributed by atoms with Crippen LogP contribution >= 0.6 is 0 Å². The first kappa shape index (κ1) is 11.7. The zero-order valence-corrected chi connectivity index (χ0v) is 11.6. The molecule has 2 aliphatic carbocycles. The summed E-state index contributed by atoms with van der Waals surface area (Å²) in [5.74, 6) is 4.26. The Hall–Kier alpha value is -0.0800. The number of likely N-dealkylation sites (tertiary alicyclic amines) is 1. The van der Waals surface area contributed by atoms with Crippen molar-refractivity contribution in [3.8, 4) is 0 Å². The lowest BCUT2D eigenvalue weighted by Crippen LogP contribution is -2.53. The zero-order chi connectivity index (χ0) is 11.9. The summed E-state index contributed by atoms with van der Waals surface area (Å²) in [4.78, 5) is 2.82. The second-order valence-corrected chi connectivity index (χ2v) is 7.45. The molecule has 18 heavy (non-hydrogen) atoms. The van der Waals surface area contributed by atoms with Crippen LogP contribution in [0.25, 0.3) is 0 Å². The van der Waals surface area contributed by atoms with Crippen molar-refractivity contribution in [2.24, 2.45) is 23.7 Å². The SMILES string of the molecule is C1CNC2CCN(CC3CC4CCC3C4)CC2C1. The number of fused-ring (bicyclic) bond motifs is 3. The van der Waals surface area contributed by atoms with Crippen LogP contribution in [0.3, 0.4) is 0 Å². The molecule has 2 heteroatoms. The van der Waals surface area contributed by atoms with Gasteiger partial charge in [-0.25, -0.2) is 0 Å². The average Bonchev–Trinajstić information content (AvgIpc) is 3.01. The van der Waals surface area contributed by atoms with E-state index in [0.29, 0.717) is 0 Å². The summed E-state index contributed by atoms with van der Waals surface area (Å²) < 4.78 is 0. The summed E-state index contributed by atoms with van der Waals surface area (Å²) in [5, 5.41) is 3.74. The fourth-order valence-corrected chi connectivity index (χ4v) is 5.42. The van der Waals surface area contributed by atoms with E-state index in [1.165, 1.54) is 45.4 Å². The van der Waals surface area contributed by atoms with E-state index in [2.05, 4.69) is 10.2 Å². The van der Waals surface area contributed by atoms with Crippen LogP contribution in [0.2, 0.25) is 0 Å². The smallest absolute Gasteiger partial charge is 0.0120 e. The third-order valence-corrected chi connectivity index (χ3v) is 6.35. The third-order valence-electron chi connectivity index (χ3n) is 6.35. The highest BCUT2D eigenvalue weighted by Crippen LogP contribution is 2.48. The predicted molar refractivity (Wildman–Crippen MR) is 74.5 cm³/mol. The fraction of sp³-hybridized carbons (Fsp3) is 1.00. The molecule has 102 valence electrons. The highest BCUT2D eigenvalue weighted by atomic mass is 15.2. The second kappa shape index (κ2) is 4.79. The molecule has 0 amide bonds. The Bertz CT molecular complexity index is 303. The second-order valence-electron chi connectivity index (χ2n) is 7.45. The molecule has 0 aromatic carbocycles. The summed E-state index contributed by atoms with van der Waals surface area (Å²) in [5.41, 5.74) is 0. The van der Waals surface area contributed by atoms with Gasteiger partial charge < -0.3 is 10.2 Å². The Morgan fingerprint density at radius 2 is 2.00 bits per heavy atom. The van der Waals surface area contributed by atoms with E-state index in [4.69, 9.17) is 0 Å². The van der Waals surface area contributed by atoms with Gasteiger partial charge in [0.25, 0.3) is 0 Å². The lowest BCUT2D eigenvalue weighted by molar-refractivity contribution is 0.0898. The van der Waals surface area contributed by atoms with E-state index in [1.807, 2.05) is 0 Å². The van der Waals surface area contributed by atoms with E-state index < -0.39 is 0 Å². The first-order chi connectivity index (χ1) is 8.88. The third kappa shape index (κ3) is 2.12. The molecule has 2 heterocycles. The van der Waals surface area contributed by atoms with Gasteiger partial charge in [0.1, 0.15) is 0 Å². The Labute approximate surface area is 111 Å². The summed E-state index contributed by atoms with van der Waals surface area (Å²) in [6.07, 6.45) is 10.5. The van der Waals surface area contributed by atoms with Crippen LogP contribution in [0.5, 0.6) is 0 Å². The number of nitrogens with one attached hydrogen (secondary N) is 1. The number of piperidine rings is 2. The van der Waals surface area contributed by atoms with Gasteiger partial charge in [0.15, 0.2) is 0 Å². The van der Waals surface area contributed by atoms with Gasteiger partial charge >= 0.3 is 0 Å². The number of nitrogens with zero attached hydrogens (tertiary/aromatic N) is 1. The monoisotopic (exact) mass is 248 g/mol. The van der Waals surface area contributed by atoms with Crippen molar-refractivity contribution in [1.82, 2.24) is 10.2 Å². The standard InChI is InChI=1S/C16H28N2/c1-2-14-10-18(7-5-16(14)17-6-1)11-15-9-12-3-4-13(15)8-12/h12-17H,1-11H2. The van der Waals surface area contributed by atoms with Crippen LogP contribution in [0.15, 0.2) is 0 Å². The molecular formula is C16H28N2. The number of rotatable bonds is 2. The molecule has 5 unspecified atom stereocenters. The minimum atomic E-state index is 0.857. The van der Waals surface area contributed by atoms with E-state index >= 15 is 0 Å². The summed E-state index contributed by atoms with van der Waals surface area (Å²) in [6.45, 7) is 5.46. The van der Waals surface area contributed by atoms with Crippen molar-refractivity contribution < 1.29 is 0 Å². The Balaban J connectivity index is 1.33. The van der Waals surface area contributed by atoms with Gasteiger partial charge in [-0.2, -0.15) is 0 Å². The molecule has 0 aromatic rings. The maximum Gasteiger partial charge on any atom is 0.0120 e. The normalized spacial score (nSPS) is 48.3. The summed E-state index contributed by atoms with van der Waals surface area (Å²) >= 11 is 0. The molecule has 1 N–H and O–H groups in total. The molecule has 4 aliphatic rings. The van der Waals surface area contributed by atoms with Gasteiger partial charge in [0, 0.05) is 19.1 Å². The van der Waals surface area contributed by atoms with E-state index in [1.54, 1.807) is 25.7 Å². The molecule has 4 fully saturated rings. The largest absolute Gasteiger partial charge is 0.314 e. The van der Waals surface area contributed by atoms with Crippen LogP contribution in [0.4, 0.5) is 0 Å². The topological polar surface area (TPSA) is 15.3 Å². The van der Waals surface area contributed by atoms with E-state index in [0.717, 1.165) is 29.7 Å². The van der Waals surface area contributed by atoms with Gasteiger partial charge in [-0.15, -0.1) is 0 Å². The highest BCUT2D eigenvalue weighted by molar-refractivity contribution is 4.93. The molecule has 2 saturated heterocycles. The molecule has 0 radical (unpaired) electrons. The van der Waals surface area contributed by atoms with Crippen molar-refractivity contribution in [1.29, 1.82) is 0 Å². The van der Waals surface area contributed by atoms with Crippen molar-refractivity contribution in [3.63, 3.8) is 0 Å². The lowest BCUT2D eigenvalue weighted by Gasteiger charge is -2.43. The highest BCUT2D eigenvalue weighted by Gasteiger charge is 2.41. The quantitative estimate of drug-likeness (QED) is 0.808. The molecule has 4 rings (SSSR count). The molecule has 2 aliphatic heterocycles. The van der Waals surface area contributed by atoms with Crippen LogP contribution in [0.1, 0.15) is 44.9 Å². The fourth-order valence-electron chi connectivity index (χ4n) is 5.42. The van der Waals surface area contributed by atoms with Crippen LogP contribution < -0.4 is 5.32 Å². The van der Waals surface area contributed by atoms with Gasteiger partial charge in [0.2, 0.25) is 0 Å². The maximum absolute atomic E-state index is 3.74. The van der Waals surface area contributed by atoms with Crippen LogP contribution in [0, 0.1) is 23.7 Å². The summed E-state index contributed by atoms with van der Waals surface area (Å²) in [6, 6.07) is 0.857. The molecule has 2 bridgehead atoms.